The van der Waals surface area contributed by atoms with Gasteiger partial charge in [0.2, 0.25) is 0 Å². The zero-order valence-electron chi connectivity index (χ0n) is 6.74. The van der Waals surface area contributed by atoms with E-state index in [4.69, 9.17) is 0 Å². The van der Waals surface area contributed by atoms with Gasteiger partial charge in [0.25, 0.3) is 0 Å². The van der Waals surface area contributed by atoms with Crippen molar-refractivity contribution in [2.24, 2.45) is 0 Å². The summed E-state index contributed by atoms with van der Waals surface area (Å²) in [5.74, 6) is 0. The zero-order valence-corrected chi connectivity index (χ0v) is 11.9. The Bertz CT molecular complexity index is 258. The van der Waals surface area contributed by atoms with Crippen LogP contribution in [0.25, 0.3) is 0 Å². The highest BCUT2D eigenvalue weighted by molar-refractivity contribution is 14.1. The van der Waals surface area contributed by atoms with Crippen molar-refractivity contribution in [3.8, 4) is 0 Å². The van der Waals surface area contributed by atoms with E-state index in [2.05, 4.69) is 72.0 Å². The van der Waals surface area contributed by atoms with Gasteiger partial charge >= 0.3 is 0 Å². The van der Waals surface area contributed by atoms with Crippen molar-refractivity contribution >= 4 is 56.5 Å². The predicted molar refractivity (Wildman–Crippen MR) is 68.5 cm³/mol. The minimum Gasteiger partial charge on any atom is -0.123 e. The Kier molecular flexibility index (Phi) is 3.25. The molecule has 0 spiro atoms. The monoisotopic (exact) mass is 392 g/mol. The van der Waals surface area contributed by atoms with Crippen LogP contribution in [0.3, 0.4) is 0 Å². The third kappa shape index (κ3) is 2.55. The molecule has 0 aliphatic rings. The molecule has 0 saturated heterocycles. The van der Waals surface area contributed by atoms with Gasteiger partial charge in [0.1, 0.15) is 0 Å². The van der Waals surface area contributed by atoms with Crippen molar-refractivity contribution in [3.63, 3.8) is 0 Å². The van der Waals surface area contributed by atoms with E-state index in [9.17, 15) is 0 Å². The fourth-order valence-corrected chi connectivity index (χ4v) is 5.59. The van der Waals surface area contributed by atoms with Gasteiger partial charge in [0, 0.05) is 0 Å². The third-order valence-electron chi connectivity index (χ3n) is 1.46. The van der Waals surface area contributed by atoms with Crippen LogP contribution in [0.5, 0.6) is 0 Å². The summed E-state index contributed by atoms with van der Waals surface area (Å²) in [6.07, 6.45) is 0. The Balaban J connectivity index is 3.13. The molecule has 0 amide bonds. The lowest BCUT2D eigenvalue weighted by molar-refractivity contribution is 0.589. The fourth-order valence-electron chi connectivity index (χ4n) is 0.852. The second kappa shape index (κ2) is 3.49. The Morgan fingerprint density at radius 3 is 2.00 bits per heavy atom. The lowest BCUT2D eigenvalue weighted by atomic mass is 9.90. The van der Waals surface area contributed by atoms with E-state index in [0.29, 0.717) is 5.41 Å². The molecule has 0 aromatic carbocycles. The normalized spacial score (nSPS) is 12.1. The van der Waals surface area contributed by atoms with E-state index >= 15 is 0 Å². The molecule has 62 valence electrons. The Morgan fingerprint density at radius 2 is 1.82 bits per heavy atom. The van der Waals surface area contributed by atoms with Gasteiger partial charge in [-0.15, -0.1) is 11.3 Å². The number of hydrogen-bond acceptors (Lipinski definition) is 1. The van der Waals surface area contributed by atoms with Gasteiger partial charge in [-0.05, 0) is 62.2 Å². The summed E-state index contributed by atoms with van der Waals surface area (Å²) in [4.78, 5) is 0. The highest BCUT2D eigenvalue weighted by Crippen LogP contribution is 2.33. The predicted octanol–water partition coefficient (Wildman–Crippen LogP) is 4.25. The van der Waals surface area contributed by atoms with Gasteiger partial charge in [-0.2, -0.15) is 0 Å². The van der Waals surface area contributed by atoms with Gasteiger partial charge in [0.05, 0.1) is 5.77 Å². The molecular weight excluding hydrogens is 382 g/mol. The molecule has 0 radical (unpaired) electrons. The Labute approximate surface area is 99.1 Å². The summed E-state index contributed by atoms with van der Waals surface area (Å²) in [5, 5.41) is 0. The van der Waals surface area contributed by atoms with Crippen LogP contribution in [-0.4, -0.2) is 0 Å². The zero-order chi connectivity index (χ0) is 8.65. The van der Waals surface area contributed by atoms with Crippen LogP contribution in [0.15, 0.2) is 6.07 Å². The average molecular weight is 392 g/mol. The molecule has 0 fully saturated rings. The molecule has 3 heteroatoms. The van der Waals surface area contributed by atoms with Gasteiger partial charge in [0.15, 0.2) is 0 Å². The van der Waals surface area contributed by atoms with Gasteiger partial charge in [-0.25, -0.2) is 0 Å². The molecule has 0 N–H and O–H groups in total. The second-order valence-corrected chi connectivity index (χ2v) is 8.25. The van der Waals surface area contributed by atoms with Crippen LogP contribution in [0.2, 0.25) is 0 Å². The maximum Gasteiger partial charge on any atom is 0.0702 e. The minimum absolute atomic E-state index is 0.302. The number of thiophene rings is 1. The Hall–Kier alpha value is 1.16. The van der Waals surface area contributed by atoms with E-state index in [1.807, 2.05) is 11.3 Å². The molecule has 0 aliphatic carbocycles. The molecule has 0 nitrogen and oxygen atoms in total. The topological polar surface area (TPSA) is 0 Å². The molecule has 11 heavy (non-hydrogen) atoms. The van der Waals surface area contributed by atoms with E-state index in [0.717, 1.165) is 0 Å². The highest BCUT2D eigenvalue weighted by atomic mass is 127. The first-order valence-corrected chi connectivity index (χ1v) is 6.34. The maximum atomic E-state index is 2.42. The van der Waals surface area contributed by atoms with Crippen molar-refractivity contribution in [1.29, 1.82) is 0 Å². The number of rotatable bonds is 0. The lowest BCUT2D eigenvalue weighted by Crippen LogP contribution is -2.10. The number of hydrogen-bond donors (Lipinski definition) is 0. The van der Waals surface area contributed by atoms with Gasteiger partial charge in [-0.1, -0.05) is 20.8 Å². The minimum atomic E-state index is 0.302. The summed E-state index contributed by atoms with van der Waals surface area (Å²) in [6, 6.07) is 2.28. The average Bonchev–Trinajstić information content (AvgIpc) is 2.08. The maximum absolute atomic E-state index is 2.42. The van der Waals surface area contributed by atoms with Gasteiger partial charge < -0.3 is 0 Å². The number of halogens is 2. The van der Waals surface area contributed by atoms with E-state index < -0.39 is 0 Å². The van der Waals surface area contributed by atoms with E-state index in [-0.39, 0.29) is 0 Å². The first-order valence-electron chi connectivity index (χ1n) is 3.36. The summed E-state index contributed by atoms with van der Waals surface area (Å²) < 4.78 is 2.82. The molecule has 1 aromatic rings. The molecule has 0 saturated carbocycles. The van der Waals surface area contributed by atoms with Crippen LogP contribution in [-0.2, 0) is 5.41 Å². The smallest absolute Gasteiger partial charge is 0.0702 e. The molecule has 0 atom stereocenters. The van der Waals surface area contributed by atoms with Crippen LogP contribution >= 0.6 is 56.5 Å². The SMILES string of the molecule is CC(C)(C)c1cc(I)sc1I. The fraction of sp³-hybridized carbons (Fsp3) is 0.500. The molecule has 0 unspecified atom stereocenters. The molecular formula is C8H10I2S. The van der Waals surface area contributed by atoms with Crippen molar-refractivity contribution in [1.82, 2.24) is 0 Å². The molecule has 1 heterocycles. The molecule has 0 aliphatic heterocycles. The molecule has 1 aromatic heterocycles. The van der Waals surface area contributed by atoms with Crippen LogP contribution < -0.4 is 0 Å². The summed E-state index contributed by atoms with van der Waals surface area (Å²) >= 11 is 6.67. The van der Waals surface area contributed by atoms with Crippen molar-refractivity contribution in [3.05, 3.63) is 17.4 Å². The first kappa shape index (κ1) is 10.2. The van der Waals surface area contributed by atoms with Crippen LogP contribution in [0.4, 0.5) is 0 Å². The molecule has 0 bridgehead atoms. The van der Waals surface area contributed by atoms with E-state index in [1.165, 1.54) is 11.3 Å². The van der Waals surface area contributed by atoms with Crippen molar-refractivity contribution in [2.75, 3.05) is 0 Å². The van der Waals surface area contributed by atoms with Crippen LogP contribution in [0.1, 0.15) is 26.3 Å². The Morgan fingerprint density at radius 1 is 1.27 bits per heavy atom. The summed E-state index contributed by atoms with van der Waals surface area (Å²) in [7, 11) is 0. The van der Waals surface area contributed by atoms with Crippen molar-refractivity contribution in [2.45, 2.75) is 26.2 Å². The quantitative estimate of drug-likeness (QED) is 0.580. The van der Waals surface area contributed by atoms with Crippen molar-refractivity contribution < 1.29 is 0 Å². The lowest BCUT2D eigenvalue weighted by Gasteiger charge is -2.17. The highest BCUT2D eigenvalue weighted by Gasteiger charge is 2.18. The molecule has 1 rings (SSSR count). The van der Waals surface area contributed by atoms with Crippen LogP contribution in [0, 0.1) is 5.77 Å². The summed E-state index contributed by atoms with van der Waals surface area (Å²) in [6.45, 7) is 6.77. The van der Waals surface area contributed by atoms with Gasteiger partial charge in [-0.3, -0.25) is 0 Å². The standard InChI is InChI=1S/C8H10I2S/c1-8(2,3)5-4-6(9)11-7(5)10/h4H,1-3H3. The van der Waals surface area contributed by atoms with E-state index in [1.54, 1.807) is 0 Å². The largest absolute Gasteiger partial charge is 0.123 e. The summed E-state index contributed by atoms with van der Waals surface area (Å²) in [5.41, 5.74) is 1.78. The second-order valence-electron chi connectivity index (χ2n) is 3.49. The first-order chi connectivity index (χ1) is 4.91. The third-order valence-corrected chi connectivity index (χ3v) is 4.39.